The highest BCUT2D eigenvalue weighted by Gasteiger charge is 2.14. The lowest BCUT2D eigenvalue weighted by Gasteiger charge is -1.94. The van der Waals surface area contributed by atoms with Crippen molar-refractivity contribution in [1.29, 1.82) is 0 Å². The number of aryl methyl sites for hydroxylation is 2. The van der Waals surface area contributed by atoms with Crippen molar-refractivity contribution < 1.29 is 4.79 Å². The van der Waals surface area contributed by atoms with Crippen LogP contribution in [-0.4, -0.2) is 25.2 Å². The van der Waals surface area contributed by atoms with Crippen molar-refractivity contribution >= 4 is 17.3 Å². The summed E-state index contributed by atoms with van der Waals surface area (Å²) in [4.78, 5) is 12.4. The van der Waals surface area contributed by atoms with Gasteiger partial charge >= 0.3 is 0 Å². The Labute approximate surface area is 90.9 Å². The Hall–Kier alpha value is -1.56. The SMILES string of the molecule is Cc1nnsc1C(=O)Cc1ccn(C)n1. The van der Waals surface area contributed by atoms with Gasteiger partial charge in [0.2, 0.25) is 0 Å². The maximum atomic E-state index is 11.8. The molecular weight excluding hydrogens is 212 g/mol. The molecule has 15 heavy (non-hydrogen) atoms. The van der Waals surface area contributed by atoms with Gasteiger partial charge in [0.15, 0.2) is 5.78 Å². The number of Topliss-reactive ketones (excluding diaryl/α,β-unsaturated/α-hetero) is 1. The molecule has 2 heterocycles. The third-order valence-corrected chi connectivity index (χ3v) is 2.88. The Morgan fingerprint density at radius 1 is 1.60 bits per heavy atom. The molecule has 0 saturated carbocycles. The maximum Gasteiger partial charge on any atom is 0.182 e. The number of hydrogen-bond acceptors (Lipinski definition) is 5. The van der Waals surface area contributed by atoms with Gasteiger partial charge in [0.1, 0.15) is 4.88 Å². The summed E-state index contributed by atoms with van der Waals surface area (Å²) in [6, 6.07) is 1.84. The normalized spacial score (nSPS) is 10.5. The molecule has 6 heteroatoms. The van der Waals surface area contributed by atoms with Gasteiger partial charge in [-0.1, -0.05) is 4.49 Å². The highest BCUT2D eigenvalue weighted by molar-refractivity contribution is 7.08. The lowest BCUT2D eigenvalue weighted by atomic mass is 10.2. The van der Waals surface area contributed by atoms with Gasteiger partial charge in [-0.05, 0) is 24.5 Å². The molecule has 2 aromatic rings. The number of hydrogen-bond donors (Lipinski definition) is 0. The minimum Gasteiger partial charge on any atom is -0.293 e. The molecule has 2 aromatic heterocycles. The molecule has 0 aliphatic carbocycles. The number of carbonyl (C=O) groups is 1. The topological polar surface area (TPSA) is 60.7 Å². The Bertz CT molecular complexity index is 488. The molecule has 0 unspecified atom stereocenters. The van der Waals surface area contributed by atoms with Crippen molar-refractivity contribution in [3.05, 3.63) is 28.5 Å². The summed E-state index contributed by atoms with van der Waals surface area (Å²) in [5.74, 6) is 0.0289. The third kappa shape index (κ3) is 2.10. The van der Waals surface area contributed by atoms with Gasteiger partial charge in [0, 0.05) is 13.2 Å². The maximum absolute atomic E-state index is 11.8. The molecule has 0 saturated heterocycles. The van der Waals surface area contributed by atoms with E-state index in [9.17, 15) is 4.79 Å². The molecule has 0 aromatic carbocycles. The highest BCUT2D eigenvalue weighted by atomic mass is 32.1. The average molecular weight is 222 g/mol. The first-order valence-corrected chi connectivity index (χ1v) is 5.25. The molecule has 0 bridgehead atoms. The number of ketones is 1. The Morgan fingerprint density at radius 3 is 2.93 bits per heavy atom. The van der Waals surface area contributed by atoms with E-state index in [0.29, 0.717) is 17.0 Å². The van der Waals surface area contributed by atoms with E-state index in [4.69, 9.17) is 0 Å². The van der Waals surface area contributed by atoms with Gasteiger partial charge in [-0.2, -0.15) is 5.10 Å². The third-order valence-electron chi connectivity index (χ3n) is 2.02. The molecule has 0 aliphatic heterocycles. The van der Waals surface area contributed by atoms with Crippen LogP contribution in [0.1, 0.15) is 21.1 Å². The Balaban J connectivity index is 2.14. The molecule has 0 N–H and O–H groups in total. The van der Waals surface area contributed by atoms with Crippen LogP contribution in [0.4, 0.5) is 0 Å². The molecular formula is C9H10N4OS. The monoisotopic (exact) mass is 222 g/mol. The molecule has 0 aliphatic rings. The van der Waals surface area contributed by atoms with Crippen molar-refractivity contribution in [2.24, 2.45) is 7.05 Å². The highest BCUT2D eigenvalue weighted by Crippen LogP contribution is 2.12. The molecule has 0 radical (unpaired) electrons. The van der Waals surface area contributed by atoms with E-state index in [0.717, 1.165) is 17.2 Å². The molecule has 5 nitrogen and oxygen atoms in total. The van der Waals surface area contributed by atoms with Gasteiger partial charge in [-0.15, -0.1) is 5.10 Å². The van der Waals surface area contributed by atoms with Gasteiger partial charge < -0.3 is 0 Å². The van der Waals surface area contributed by atoms with E-state index in [-0.39, 0.29) is 5.78 Å². The zero-order valence-corrected chi connectivity index (χ0v) is 9.28. The van der Waals surface area contributed by atoms with Crippen LogP contribution >= 0.6 is 11.5 Å². The summed E-state index contributed by atoms with van der Waals surface area (Å²) in [5, 5.41) is 7.96. The predicted octanol–water partition coefficient (Wildman–Crippen LogP) is 1.01. The van der Waals surface area contributed by atoms with E-state index in [1.807, 2.05) is 19.3 Å². The van der Waals surface area contributed by atoms with Crippen molar-refractivity contribution in [3.63, 3.8) is 0 Å². The van der Waals surface area contributed by atoms with Gasteiger partial charge in [0.25, 0.3) is 0 Å². The average Bonchev–Trinajstić information content (AvgIpc) is 2.75. The smallest absolute Gasteiger partial charge is 0.182 e. The van der Waals surface area contributed by atoms with Crippen molar-refractivity contribution in [2.75, 3.05) is 0 Å². The van der Waals surface area contributed by atoms with E-state index in [2.05, 4.69) is 14.7 Å². The van der Waals surface area contributed by atoms with Gasteiger partial charge in [-0.3, -0.25) is 9.48 Å². The van der Waals surface area contributed by atoms with E-state index in [1.54, 1.807) is 11.6 Å². The van der Waals surface area contributed by atoms with Crippen LogP contribution < -0.4 is 0 Å². The van der Waals surface area contributed by atoms with E-state index >= 15 is 0 Å². The van der Waals surface area contributed by atoms with Gasteiger partial charge in [-0.25, -0.2) is 0 Å². The lowest BCUT2D eigenvalue weighted by molar-refractivity contribution is 0.0995. The van der Waals surface area contributed by atoms with Crippen LogP contribution in [0.5, 0.6) is 0 Å². The summed E-state index contributed by atoms with van der Waals surface area (Å²) in [6.45, 7) is 1.79. The zero-order valence-electron chi connectivity index (χ0n) is 8.47. The molecule has 0 atom stereocenters. The number of carbonyl (C=O) groups excluding carboxylic acids is 1. The summed E-state index contributed by atoms with van der Waals surface area (Å²) >= 11 is 1.14. The fraction of sp³-hybridized carbons (Fsp3) is 0.333. The largest absolute Gasteiger partial charge is 0.293 e. The number of rotatable bonds is 3. The lowest BCUT2D eigenvalue weighted by Crippen LogP contribution is -2.04. The minimum absolute atomic E-state index is 0.0289. The van der Waals surface area contributed by atoms with Crippen LogP contribution in [0.2, 0.25) is 0 Å². The quantitative estimate of drug-likeness (QED) is 0.727. The van der Waals surface area contributed by atoms with Crippen LogP contribution in [-0.2, 0) is 13.5 Å². The second-order valence-electron chi connectivity index (χ2n) is 3.27. The summed E-state index contributed by atoms with van der Waals surface area (Å²) in [6.07, 6.45) is 2.13. The zero-order chi connectivity index (χ0) is 10.8. The first-order chi connectivity index (χ1) is 7.16. The van der Waals surface area contributed by atoms with E-state index < -0.39 is 0 Å². The van der Waals surface area contributed by atoms with Crippen LogP contribution in [0.3, 0.4) is 0 Å². The Morgan fingerprint density at radius 2 is 2.40 bits per heavy atom. The fourth-order valence-corrected chi connectivity index (χ4v) is 1.88. The predicted molar refractivity (Wildman–Crippen MR) is 55.9 cm³/mol. The first kappa shape index (κ1) is 9.97. The fourth-order valence-electron chi connectivity index (χ4n) is 1.29. The van der Waals surface area contributed by atoms with Crippen LogP contribution in [0.25, 0.3) is 0 Å². The Kier molecular flexibility index (Phi) is 2.59. The van der Waals surface area contributed by atoms with Crippen molar-refractivity contribution in [2.45, 2.75) is 13.3 Å². The second kappa shape index (κ2) is 3.90. The molecule has 0 amide bonds. The second-order valence-corrected chi connectivity index (χ2v) is 4.02. The number of nitrogens with zero attached hydrogens (tertiary/aromatic N) is 4. The molecule has 78 valence electrons. The molecule has 0 spiro atoms. The van der Waals surface area contributed by atoms with Gasteiger partial charge in [0.05, 0.1) is 17.8 Å². The summed E-state index contributed by atoms with van der Waals surface area (Å²) in [5.41, 5.74) is 1.47. The standard InChI is InChI=1S/C9H10N4OS/c1-6-9(15-12-10-6)8(14)5-7-3-4-13(2)11-7/h3-4H,5H2,1-2H3. The minimum atomic E-state index is 0.0289. The summed E-state index contributed by atoms with van der Waals surface area (Å²) in [7, 11) is 1.83. The van der Waals surface area contributed by atoms with Crippen molar-refractivity contribution in [3.8, 4) is 0 Å². The molecule has 0 fully saturated rings. The number of aromatic nitrogens is 4. The van der Waals surface area contributed by atoms with Crippen LogP contribution in [0, 0.1) is 6.92 Å². The summed E-state index contributed by atoms with van der Waals surface area (Å²) < 4.78 is 5.42. The molecule has 2 rings (SSSR count). The van der Waals surface area contributed by atoms with Crippen LogP contribution in [0.15, 0.2) is 12.3 Å². The first-order valence-electron chi connectivity index (χ1n) is 4.47. The van der Waals surface area contributed by atoms with Crippen molar-refractivity contribution in [1.82, 2.24) is 19.4 Å². The van der Waals surface area contributed by atoms with E-state index in [1.165, 1.54) is 0 Å².